The number of rotatable bonds is 2. The summed E-state index contributed by atoms with van der Waals surface area (Å²) in [5, 5.41) is 0. The molecule has 0 saturated heterocycles. The minimum atomic E-state index is 0.246. The monoisotopic (exact) mass is 341 g/mol. The van der Waals surface area contributed by atoms with Gasteiger partial charge in [0.25, 0.3) is 0 Å². The molecule has 0 aromatic heterocycles. The van der Waals surface area contributed by atoms with Crippen LogP contribution in [0.1, 0.15) is 34.1 Å². The van der Waals surface area contributed by atoms with E-state index in [1.165, 1.54) is 16.7 Å². The largest absolute Gasteiger partial charge is 0.493 e. The van der Waals surface area contributed by atoms with E-state index in [9.17, 15) is 0 Å². The van der Waals surface area contributed by atoms with Crippen molar-refractivity contribution in [3.8, 4) is 11.5 Å². The summed E-state index contributed by atoms with van der Waals surface area (Å²) in [4.78, 5) is 5.49. The molecule has 0 aliphatic carbocycles. The molecule has 3 aromatic rings. The maximum atomic E-state index is 6.11. The predicted octanol–water partition coefficient (Wildman–Crippen LogP) is 4.86. The first-order chi connectivity index (χ1) is 12.9. The third kappa shape index (κ3) is 2.53. The van der Waals surface area contributed by atoms with Gasteiger partial charge in [0.2, 0.25) is 0 Å². The van der Waals surface area contributed by atoms with Gasteiger partial charge in [-0.2, -0.15) is 0 Å². The molecule has 1 N–H and O–H groups in total. The van der Waals surface area contributed by atoms with E-state index in [-0.39, 0.29) is 11.8 Å². The Bertz CT molecular complexity index is 965. The molecule has 5 rings (SSSR count). The molecule has 0 bridgehead atoms. The molecular formula is C23H19NO2. The van der Waals surface area contributed by atoms with Gasteiger partial charge in [-0.1, -0.05) is 54.6 Å². The average molecular weight is 341 g/mol. The van der Waals surface area contributed by atoms with Crippen molar-refractivity contribution in [3.05, 3.63) is 101 Å². The molecule has 0 amide bonds. The second-order valence-corrected chi connectivity index (χ2v) is 6.69. The van der Waals surface area contributed by atoms with Crippen LogP contribution in [0.3, 0.4) is 0 Å². The molecule has 2 aliphatic heterocycles. The van der Waals surface area contributed by atoms with Gasteiger partial charge in [0.15, 0.2) is 5.75 Å². The Morgan fingerprint density at radius 3 is 2.58 bits per heavy atom. The molecule has 2 unspecified atom stereocenters. The fraction of sp³-hybridized carbons (Fsp3) is 0.130. The van der Waals surface area contributed by atoms with Crippen LogP contribution in [0.2, 0.25) is 0 Å². The Labute approximate surface area is 152 Å². The number of fused-ring (bicyclic) bond motifs is 2. The van der Waals surface area contributed by atoms with Crippen LogP contribution in [-0.4, -0.2) is 6.61 Å². The van der Waals surface area contributed by atoms with E-state index in [4.69, 9.17) is 9.57 Å². The van der Waals surface area contributed by atoms with Gasteiger partial charge >= 0.3 is 0 Å². The third-order valence-corrected chi connectivity index (χ3v) is 5.20. The highest BCUT2D eigenvalue weighted by Crippen LogP contribution is 2.46. The van der Waals surface area contributed by atoms with Crippen molar-refractivity contribution in [2.24, 2.45) is 0 Å². The Morgan fingerprint density at radius 1 is 0.808 bits per heavy atom. The van der Waals surface area contributed by atoms with E-state index in [1.54, 1.807) is 0 Å². The summed E-state index contributed by atoms with van der Waals surface area (Å²) >= 11 is 0. The van der Waals surface area contributed by atoms with Gasteiger partial charge in [-0.15, -0.1) is 0 Å². The minimum Gasteiger partial charge on any atom is -0.493 e. The van der Waals surface area contributed by atoms with E-state index < -0.39 is 0 Å². The second kappa shape index (κ2) is 6.26. The lowest BCUT2D eigenvalue weighted by molar-refractivity contribution is 0.238. The first kappa shape index (κ1) is 15.1. The topological polar surface area (TPSA) is 30.5 Å². The molecule has 0 spiro atoms. The summed E-state index contributed by atoms with van der Waals surface area (Å²) in [6, 6.07) is 25.5. The zero-order valence-corrected chi connectivity index (χ0v) is 14.3. The summed E-state index contributed by atoms with van der Waals surface area (Å²) in [6.07, 6.45) is 3.86. The molecule has 2 atom stereocenters. The lowest BCUT2D eigenvalue weighted by Gasteiger charge is -2.34. The van der Waals surface area contributed by atoms with Gasteiger partial charge < -0.3 is 9.57 Å². The first-order valence-electron chi connectivity index (χ1n) is 8.90. The third-order valence-electron chi connectivity index (χ3n) is 5.20. The number of hydrogen-bond donors (Lipinski definition) is 1. The molecule has 2 aliphatic rings. The van der Waals surface area contributed by atoms with Crippen LogP contribution in [-0.2, 0) is 0 Å². The number of benzene rings is 3. The standard InChI is InChI=1S/C23H19NO2/c1-2-6-16(7-3-1)20-15-25-22-9-5-4-8-19(22)23(20)18-10-11-21-17(14-18)12-13-24-26-21/h1-14,20,23-24H,15H2. The Hall–Kier alpha value is -3.20. The van der Waals surface area contributed by atoms with Crippen LogP contribution < -0.4 is 15.1 Å². The Kier molecular flexibility index (Phi) is 3.64. The van der Waals surface area contributed by atoms with Gasteiger partial charge in [0.1, 0.15) is 5.75 Å². The second-order valence-electron chi connectivity index (χ2n) is 6.69. The van der Waals surface area contributed by atoms with E-state index in [1.807, 2.05) is 24.4 Å². The van der Waals surface area contributed by atoms with Crippen molar-refractivity contribution < 1.29 is 9.57 Å². The maximum Gasteiger partial charge on any atom is 0.162 e. The van der Waals surface area contributed by atoms with Crippen molar-refractivity contribution in [2.75, 3.05) is 6.61 Å². The summed E-state index contributed by atoms with van der Waals surface area (Å²) in [5.74, 6) is 2.36. The van der Waals surface area contributed by atoms with Crippen molar-refractivity contribution >= 4 is 6.08 Å². The number of nitrogens with one attached hydrogen (secondary N) is 1. The van der Waals surface area contributed by atoms with Crippen molar-refractivity contribution in [1.29, 1.82) is 0 Å². The SMILES string of the molecule is C1=Cc2cc(C3c4ccccc4OCC3c3ccccc3)ccc2ON1. The Morgan fingerprint density at radius 2 is 1.65 bits per heavy atom. The van der Waals surface area contributed by atoms with Crippen LogP contribution in [0.15, 0.2) is 79.0 Å². The zero-order chi connectivity index (χ0) is 17.3. The average Bonchev–Trinajstić information content (AvgIpc) is 2.73. The molecule has 3 aromatic carbocycles. The van der Waals surface area contributed by atoms with Crippen LogP contribution in [0.5, 0.6) is 11.5 Å². The molecule has 128 valence electrons. The maximum absolute atomic E-state index is 6.11. The van der Waals surface area contributed by atoms with Gasteiger partial charge in [-0.05, 0) is 35.4 Å². The van der Waals surface area contributed by atoms with E-state index in [0.717, 1.165) is 17.1 Å². The molecule has 26 heavy (non-hydrogen) atoms. The molecule has 3 nitrogen and oxygen atoms in total. The van der Waals surface area contributed by atoms with Crippen molar-refractivity contribution in [2.45, 2.75) is 11.8 Å². The normalized spacial score (nSPS) is 20.2. The fourth-order valence-corrected chi connectivity index (χ4v) is 3.97. The lowest BCUT2D eigenvalue weighted by atomic mass is 9.75. The van der Waals surface area contributed by atoms with Crippen LogP contribution in [0.25, 0.3) is 6.08 Å². The van der Waals surface area contributed by atoms with E-state index in [2.05, 4.69) is 66.1 Å². The Balaban J connectivity index is 1.66. The number of hydroxylamine groups is 1. The predicted molar refractivity (Wildman–Crippen MR) is 102 cm³/mol. The van der Waals surface area contributed by atoms with E-state index >= 15 is 0 Å². The first-order valence-corrected chi connectivity index (χ1v) is 8.90. The number of ether oxygens (including phenoxy) is 1. The van der Waals surface area contributed by atoms with Crippen LogP contribution in [0, 0.1) is 0 Å². The van der Waals surface area contributed by atoms with Crippen LogP contribution in [0.4, 0.5) is 0 Å². The number of para-hydroxylation sites is 1. The van der Waals surface area contributed by atoms with Crippen LogP contribution >= 0.6 is 0 Å². The van der Waals surface area contributed by atoms with Gasteiger partial charge in [0.05, 0.1) is 6.61 Å². The summed E-state index contributed by atoms with van der Waals surface area (Å²) < 4.78 is 6.11. The lowest BCUT2D eigenvalue weighted by Crippen LogP contribution is -2.25. The highest BCUT2D eigenvalue weighted by Gasteiger charge is 2.33. The summed E-state index contributed by atoms with van der Waals surface area (Å²) in [6.45, 7) is 0.677. The molecule has 0 fully saturated rings. The molecule has 0 saturated carbocycles. The van der Waals surface area contributed by atoms with Gasteiger partial charge in [0, 0.05) is 29.2 Å². The summed E-state index contributed by atoms with van der Waals surface area (Å²) in [5.41, 5.74) is 7.71. The van der Waals surface area contributed by atoms with Gasteiger partial charge in [-0.3, -0.25) is 0 Å². The highest BCUT2D eigenvalue weighted by atomic mass is 16.6. The molecule has 2 heterocycles. The minimum absolute atomic E-state index is 0.246. The smallest absolute Gasteiger partial charge is 0.162 e. The quantitative estimate of drug-likeness (QED) is 0.722. The fourth-order valence-electron chi connectivity index (χ4n) is 3.97. The number of hydrogen-bond acceptors (Lipinski definition) is 3. The zero-order valence-electron chi connectivity index (χ0n) is 14.3. The highest BCUT2D eigenvalue weighted by molar-refractivity contribution is 5.61. The molecule has 3 heteroatoms. The molecular weight excluding hydrogens is 322 g/mol. The molecule has 0 radical (unpaired) electrons. The summed E-state index contributed by atoms with van der Waals surface area (Å²) in [7, 11) is 0. The van der Waals surface area contributed by atoms with Crippen molar-refractivity contribution in [3.63, 3.8) is 0 Å². The van der Waals surface area contributed by atoms with Crippen molar-refractivity contribution in [1.82, 2.24) is 5.48 Å². The van der Waals surface area contributed by atoms with E-state index in [0.29, 0.717) is 6.61 Å². The van der Waals surface area contributed by atoms with Gasteiger partial charge in [-0.25, -0.2) is 5.48 Å².